The summed E-state index contributed by atoms with van der Waals surface area (Å²) >= 11 is 5.13. The Hall–Kier alpha value is -0.190. The maximum absolute atomic E-state index is 10.5. The van der Waals surface area contributed by atoms with Crippen LogP contribution in [0.2, 0.25) is 0 Å². The minimum atomic E-state index is -0.195. The largest absolute Gasteiger partial charge is 0.362 e. The average Bonchev–Trinajstić information content (AvgIpc) is 2.71. The topological polar surface area (TPSA) is 26.3 Å². The highest BCUT2D eigenvalue weighted by Crippen LogP contribution is 2.38. The maximum atomic E-state index is 10.5. The van der Waals surface area contributed by atoms with Gasteiger partial charge in [0.1, 0.15) is 12.4 Å². The number of halogens is 1. The number of carbonyl (C=O) groups excluding carboxylic acids is 1. The fourth-order valence-electron chi connectivity index (χ4n) is 1.49. The van der Waals surface area contributed by atoms with Gasteiger partial charge in [-0.15, -0.1) is 11.3 Å². The maximum Gasteiger partial charge on any atom is 0.148 e. The molecule has 1 saturated heterocycles. The van der Waals surface area contributed by atoms with Crippen molar-refractivity contribution >= 4 is 33.6 Å². The molecule has 1 aliphatic heterocycles. The molecule has 2 atom stereocenters. The van der Waals surface area contributed by atoms with E-state index >= 15 is 0 Å². The third kappa shape index (κ3) is 1.85. The molecule has 1 aromatic rings. The van der Waals surface area contributed by atoms with Crippen LogP contribution in [-0.4, -0.2) is 12.4 Å². The number of hydrogen-bond acceptors (Lipinski definition) is 3. The van der Waals surface area contributed by atoms with Crippen LogP contribution in [0.3, 0.4) is 0 Å². The van der Waals surface area contributed by atoms with E-state index in [1.54, 1.807) is 11.3 Å². The highest BCUT2D eigenvalue weighted by molar-refractivity contribution is 9.10. The summed E-state index contributed by atoms with van der Waals surface area (Å²) in [6, 6.07) is 2.01. The van der Waals surface area contributed by atoms with Gasteiger partial charge in [-0.2, -0.15) is 0 Å². The molecule has 70 valence electrons. The van der Waals surface area contributed by atoms with Crippen molar-refractivity contribution in [2.45, 2.75) is 25.0 Å². The fraction of sp³-hybridized carbons (Fsp3) is 0.444. The molecule has 1 fully saturated rings. The lowest BCUT2D eigenvalue weighted by molar-refractivity contribution is -0.117. The van der Waals surface area contributed by atoms with Crippen LogP contribution in [-0.2, 0) is 9.53 Å². The molecule has 0 amide bonds. The number of aldehydes is 1. The van der Waals surface area contributed by atoms with E-state index in [0.717, 1.165) is 23.6 Å². The first-order chi connectivity index (χ1) is 6.31. The second-order valence-corrected chi connectivity index (χ2v) is 4.81. The van der Waals surface area contributed by atoms with Crippen LogP contribution in [0.25, 0.3) is 0 Å². The van der Waals surface area contributed by atoms with Gasteiger partial charge in [0.25, 0.3) is 0 Å². The first-order valence-corrected chi connectivity index (χ1v) is 5.82. The predicted octanol–water partition coefficient (Wildman–Crippen LogP) is 2.93. The van der Waals surface area contributed by atoms with Crippen molar-refractivity contribution in [1.29, 1.82) is 0 Å². The number of ether oxygens (including phenoxy) is 1. The van der Waals surface area contributed by atoms with Gasteiger partial charge in [0, 0.05) is 9.35 Å². The van der Waals surface area contributed by atoms with Gasteiger partial charge in [0.2, 0.25) is 0 Å². The molecular weight excluding hydrogens is 252 g/mol. The second-order valence-electron chi connectivity index (χ2n) is 3.01. The summed E-state index contributed by atoms with van der Waals surface area (Å²) in [6.07, 6.45) is 2.60. The average molecular weight is 261 g/mol. The van der Waals surface area contributed by atoms with Gasteiger partial charge < -0.3 is 9.53 Å². The smallest absolute Gasteiger partial charge is 0.148 e. The summed E-state index contributed by atoms with van der Waals surface area (Å²) in [5.41, 5.74) is 0. The van der Waals surface area contributed by atoms with E-state index in [4.69, 9.17) is 4.74 Å². The molecule has 1 aliphatic rings. The van der Waals surface area contributed by atoms with Gasteiger partial charge in [0.15, 0.2) is 0 Å². The normalized spacial score (nSPS) is 27.8. The van der Waals surface area contributed by atoms with E-state index in [9.17, 15) is 4.79 Å². The number of carbonyl (C=O) groups is 1. The highest BCUT2D eigenvalue weighted by Gasteiger charge is 2.27. The molecule has 13 heavy (non-hydrogen) atoms. The molecule has 0 spiro atoms. The van der Waals surface area contributed by atoms with Crippen molar-refractivity contribution in [2.75, 3.05) is 0 Å². The van der Waals surface area contributed by atoms with Crippen molar-refractivity contribution in [2.24, 2.45) is 0 Å². The van der Waals surface area contributed by atoms with Crippen LogP contribution >= 0.6 is 27.3 Å². The molecule has 2 heterocycles. The third-order valence-electron chi connectivity index (χ3n) is 2.14. The lowest BCUT2D eigenvalue weighted by Gasteiger charge is -2.08. The van der Waals surface area contributed by atoms with Gasteiger partial charge in [-0.1, -0.05) is 0 Å². The first-order valence-electron chi connectivity index (χ1n) is 4.15. The predicted molar refractivity (Wildman–Crippen MR) is 54.9 cm³/mol. The second kappa shape index (κ2) is 3.90. The number of hydrogen-bond donors (Lipinski definition) is 0. The lowest BCUT2D eigenvalue weighted by atomic mass is 10.2. The Balaban J connectivity index is 2.12. The minimum Gasteiger partial charge on any atom is -0.362 e. The molecule has 0 aliphatic carbocycles. The van der Waals surface area contributed by atoms with E-state index in [0.29, 0.717) is 0 Å². The molecule has 1 aromatic heterocycles. The number of rotatable bonds is 2. The minimum absolute atomic E-state index is 0.115. The first kappa shape index (κ1) is 9.37. The van der Waals surface area contributed by atoms with Gasteiger partial charge in [-0.3, -0.25) is 0 Å². The Bertz CT molecular complexity index is 310. The van der Waals surface area contributed by atoms with Crippen molar-refractivity contribution in [1.82, 2.24) is 0 Å². The Morgan fingerprint density at radius 1 is 1.62 bits per heavy atom. The SMILES string of the molecule is O=CC1CCC(c2sccc2Br)O1. The molecule has 4 heteroatoms. The lowest BCUT2D eigenvalue weighted by Crippen LogP contribution is -2.06. The van der Waals surface area contributed by atoms with E-state index in [-0.39, 0.29) is 12.2 Å². The van der Waals surface area contributed by atoms with Crippen molar-refractivity contribution in [3.05, 3.63) is 20.8 Å². The molecule has 0 saturated carbocycles. The van der Waals surface area contributed by atoms with Crippen molar-refractivity contribution in [3.63, 3.8) is 0 Å². The highest BCUT2D eigenvalue weighted by atomic mass is 79.9. The van der Waals surface area contributed by atoms with Crippen LogP contribution in [0.5, 0.6) is 0 Å². The van der Waals surface area contributed by atoms with Crippen molar-refractivity contribution in [3.8, 4) is 0 Å². The molecule has 0 N–H and O–H groups in total. The Labute approximate surface area is 89.0 Å². The molecule has 2 unspecified atom stereocenters. The summed E-state index contributed by atoms with van der Waals surface area (Å²) in [5, 5.41) is 2.02. The monoisotopic (exact) mass is 260 g/mol. The molecule has 2 rings (SSSR count). The number of thiophene rings is 1. The summed E-state index contributed by atoms with van der Waals surface area (Å²) in [5.74, 6) is 0. The van der Waals surface area contributed by atoms with Crippen LogP contribution in [0, 0.1) is 0 Å². The van der Waals surface area contributed by atoms with E-state index in [1.165, 1.54) is 4.88 Å². The summed E-state index contributed by atoms with van der Waals surface area (Å²) in [4.78, 5) is 11.7. The van der Waals surface area contributed by atoms with Gasteiger partial charge in [-0.05, 0) is 40.2 Å². The zero-order valence-corrected chi connectivity index (χ0v) is 9.31. The Morgan fingerprint density at radius 2 is 2.46 bits per heavy atom. The van der Waals surface area contributed by atoms with Gasteiger partial charge in [0.05, 0.1) is 6.10 Å². The van der Waals surface area contributed by atoms with E-state index < -0.39 is 0 Å². The summed E-state index contributed by atoms with van der Waals surface area (Å²) < 4.78 is 6.64. The van der Waals surface area contributed by atoms with Crippen LogP contribution in [0.15, 0.2) is 15.9 Å². The Morgan fingerprint density at radius 3 is 3.00 bits per heavy atom. The van der Waals surface area contributed by atoms with Crippen molar-refractivity contribution < 1.29 is 9.53 Å². The third-order valence-corrected chi connectivity index (χ3v) is 4.10. The zero-order chi connectivity index (χ0) is 9.26. The summed E-state index contributed by atoms with van der Waals surface area (Å²) in [6.45, 7) is 0. The van der Waals surface area contributed by atoms with Gasteiger partial charge in [-0.25, -0.2) is 0 Å². The fourth-order valence-corrected chi connectivity index (χ4v) is 3.19. The molecule has 0 aromatic carbocycles. The van der Waals surface area contributed by atoms with Gasteiger partial charge >= 0.3 is 0 Å². The molecular formula is C9H9BrO2S. The zero-order valence-electron chi connectivity index (χ0n) is 6.90. The van der Waals surface area contributed by atoms with Crippen LogP contribution in [0.1, 0.15) is 23.8 Å². The Kier molecular flexibility index (Phi) is 2.81. The van der Waals surface area contributed by atoms with Crippen LogP contribution in [0.4, 0.5) is 0 Å². The standard InChI is InChI=1S/C9H9BrO2S/c10-7-3-4-13-9(7)8-2-1-6(5-11)12-8/h3-6,8H,1-2H2. The quantitative estimate of drug-likeness (QED) is 0.765. The summed E-state index contributed by atoms with van der Waals surface area (Å²) in [7, 11) is 0. The van der Waals surface area contributed by atoms with E-state index in [1.807, 2.05) is 11.4 Å². The molecule has 0 bridgehead atoms. The van der Waals surface area contributed by atoms with E-state index in [2.05, 4.69) is 15.9 Å². The van der Waals surface area contributed by atoms with Crippen LogP contribution < -0.4 is 0 Å². The molecule has 0 radical (unpaired) electrons. The molecule has 2 nitrogen and oxygen atoms in total.